The molecule has 0 aliphatic heterocycles. The highest BCUT2D eigenvalue weighted by Crippen LogP contribution is 2.30. The number of ether oxygens (including phenoxy) is 2. The van der Waals surface area contributed by atoms with Crippen molar-refractivity contribution < 1.29 is 18.7 Å². The van der Waals surface area contributed by atoms with E-state index in [9.17, 15) is 9.18 Å². The zero-order valence-corrected chi connectivity index (χ0v) is 17.3. The molecule has 0 aliphatic carbocycles. The summed E-state index contributed by atoms with van der Waals surface area (Å²) in [5.74, 6) is 0.633. The SMILES string of the molecule is COc1ccc(NC(=O)c2c(C)c(C)c(C)n2Cc2ccc(F)cc2)cc1OC. The maximum absolute atomic E-state index is 13.2. The smallest absolute Gasteiger partial charge is 0.272 e. The number of anilines is 1. The Morgan fingerprint density at radius 3 is 2.24 bits per heavy atom. The van der Waals surface area contributed by atoms with E-state index in [0.29, 0.717) is 29.4 Å². The minimum absolute atomic E-state index is 0.215. The zero-order valence-electron chi connectivity index (χ0n) is 17.3. The Labute approximate surface area is 170 Å². The van der Waals surface area contributed by atoms with Crippen LogP contribution >= 0.6 is 0 Å². The van der Waals surface area contributed by atoms with Gasteiger partial charge < -0.3 is 19.4 Å². The molecule has 0 bridgehead atoms. The fraction of sp³-hybridized carbons (Fsp3) is 0.261. The van der Waals surface area contributed by atoms with Crippen molar-refractivity contribution >= 4 is 11.6 Å². The molecule has 1 N–H and O–H groups in total. The van der Waals surface area contributed by atoms with Gasteiger partial charge in [0.2, 0.25) is 0 Å². The molecule has 152 valence electrons. The van der Waals surface area contributed by atoms with E-state index in [1.54, 1.807) is 44.6 Å². The van der Waals surface area contributed by atoms with Gasteiger partial charge in [-0.2, -0.15) is 0 Å². The number of hydrogen-bond donors (Lipinski definition) is 1. The van der Waals surface area contributed by atoms with Crippen molar-refractivity contribution in [3.63, 3.8) is 0 Å². The second-order valence-corrected chi connectivity index (χ2v) is 6.92. The first-order chi connectivity index (χ1) is 13.8. The average molecular weight is 396 g/mol. The predicted octanol–water partition coefficient (Wildman–Crippen LogP) is 4.87. The third kappa shape index (κ3) is 4.11. The maximum Gasteiger partial charge on any atom is 0.272 e. The van der Waals surface area contributed by atoms with Crippen LogP contribution in [0.4, 0.5) is 10.1 Å². The molecule has 0 unspecified atom stereocenters. The Morgan fingerprint density at radius 1 is 0.966 bits per heavy atom. The minimum Gasteiger partial charge on any atom is -0.493 e. The van der Waals surface area contributed by atoms with E-state index >= 15 is 0 Å². The molecule has 3 aromatic rings. The summed E-state index contributed by atoms with van der Waals surface area (Å²) < 4.78 is 25.8. The normalized spacial score (nSPS) is 10.7. The molecule has 6 heteroatoms. The van der Waals surface area contributed by atoms with Crippen LogP contribution in [0.5, 0.6) is 11.5 Å². The average Bonchev–Trinajstić information content (AvgIpc) is 2.93. The number of benzene rings is 2. The molecular weight excluding hydrogens is 371 g/mol. The van der Waals surface area contributed by atoms with Crippen LogP contribution in [0.15, 0.2) is 42.5 Å². The van der Waals surface area contributed by atoms with Gasteiger partial charge in [-0.05, 0) is 61.7 Å². The fourth-order valence-corrected chi connectivity index (χ4v) is 3.39. The molecular formula is C23H25FN2O3. The number of carbonyl (C=O) groups is 1. The van der Waals surface area contributed by atoms with Crippen molar-refractivity contribution in [3.05, 3.63) is 76.4 Å². The van der Waals surface area contributed by atoms with Crippen LogP contribution in [0.3, 0.4) is 0 Å². The molecule has 1 aromatic heterocycles. The number of methoxy groups -OCH3 is 2. The summed E-state index contributed by atoms with van der Waals surface area (Å²) in [5.41, 5.74) is 5.09. The van der Waals surface area contributed by atoms with Crippen molar-refractivity contribution in [2.75, 3.05) is 19.5 Å². The second-order valence-electron chi connectivity index (χ2n) is 6.92. The van der Waals surface area contributed by atoms with Crippen LogP contribution in [-0.4, -0.2) is 24.7 Å². The summed E-state index contributed by atoms with van der Waals surface area (Å²) in [6.45, 7) is 6.40. The van der Waals surface area contributed by atoms with E-state index in [1.807, 2.05) is 25.3 Å². The number of rotatable bonds is 6. The van der Waals surface area contributed by atoms with Gasteiger partial charge in [0.05, 0.1) is 14.2 Å². The minimum atomic E-state index is -0.281. The molecule has 0 fully saturated rings. The summed E-state index contributed by atoms with van der Waals surface area (Å²) in [6, 6.07) is 11.6. The van der Waals surface area contributed by atoms with Crippen molar-refractivity contribution in [1.82, 2.24) is 4.57 Å². The molecule has 3 rings (SSSR count). The second kappa shape index (κ2) is 8.39. The van der Waals surface area contributed by atoms with Gasteiger partial charge in [-0.3, -0.25) is 4.79 Å². The molecule has 0 saturated heterocycles. The van der Waals surface area contributed by atoms with Gasteiger partial charge in [0.1, 0.15) is 11.5 Å². The topological polar surface area (TPSA) is 52.5 Å². The third-order valence-corrected chi connectivity index (χ3v) is 5.25. The molecule has 29 heavy (non-hydrogen) atoms. The number of nitrogens with zero attached hydrogens (tertiary/aromatic N) is 1. The van der Waals surface area contributed by atoms with E-state index < -0.39 is 0 Å². The Hall–Kier alpha value is -3.28. The lowest BCUT2D eigenvalue weighted by atomic mass is 10.1. The lowest BCUT2D eigenvalue weighted by Gasteiger charge is -2.14. The molecule has 0 atom stereocenters. The molecule has 0 aliphatic rings. The first-order valence-corrected chi connectivity index (χ1v) is 9.29. The first kappa shape index (κ1) is 20.5. The summed E-state index contributed by atoms with van der Waals surface area (Å²) in [4.78, 5) is 13.2. The van der Waals surface area contributed by atoms with Crippen LogP contribution in [0, 0.1) is 26.6 Å². The monoisotopic (exact) mass is 396 g/mol. The Morgan fingerprint density at radius 2 is 1.62 bits per heavy atom. The van der Waals surface area contributed by atoms with Crippen LogP contribution in [0.2, 0.25) is 0 Å². The summed E-state index contributed by atoms with van der Waals surface area (Å²) in [7, 11) is 3.11. The quantitative estimate of drug-likeness (QED) is 0.647. The van der Waals surface area contributed by atoms with Crippen LogP contribution in [0.25, 0.3) is 0 Å². The number of aromatic nitrogens is 1. The number of carbonyl (C=O) groups excluding carboxylic acids is 1. The molecule has 0 spiro atoms. The Bertz CT molecular complexity index is 1040. The number of hydrogen-bond acceptors (Lipinski definition) is 3. The van der Waals surface area contributed by atoms with Crippen molar-refractivity contribution in [1.29, 1.82) is 0 Å². The van der Waals surface area contributed by atoms with E-state index in [0.717, 1.165) is 22.4 Å². The van der Waals surface area contributed by atoms with E-state index in [1.165, 1.54) is 12.1 Å². The Balaban J connectivity index is 1.94. The zero-order chi connectivity index (χ0) is 21.1. The highest BCUT2D eigenvalue weighted by Gasteiger charge is 2.21. The van der Waals surface area contributed by atoms with Crippen molar-refractivity contribution in [2.24, 2.45) is 0 Å². The highest BCUT2D eigenvalue weighted by molar-refractivity contribution is 6.04. The molecule has 1 amide bonds. The van der Waals surface area contributed by atoms with Crippen molar-refractivity contribution in [2.45, 2.75) is 27.3 Å². The van der Waals surface area contributed by atoms with E-state index in [2.05, 4.69) is 5.32 Å². The highest BCUT2D eigenvalue weighted by atomic mass is 19.1. The lowest BCUT2D eigenvalue weighted by Crippen LogP contribution is -2.19. The standard InChI is InChI=1S/C23H25FN2O3/c1-14-15(2)22(26(16(14)3)13-17-6-8-18(24)9-7-17)23(27)25-19-10-11-20(28-4)21(12-19)29-5/h6-12H,13H2,1-5H3,(H,25,27). The fourth-order valence-electron chi connectivity index (χ4n) is 3.39. The van der Waals surface area contributed by atoms with Gasteiger partial charge in [-0.25, -0.2) is 4.39 Å². The molecule has 5 nitrogen and oxygen atoms in total. The number of amides is 1. The van der Waals surface area contributed by atoms with E-state index in [4.69, 9.17) is 9.47 Å². The van der Waals surface area contributed by atoms with Gasteiger partial charge in [0.15, 0.2) is 11.5 Å². The first-order valence-electron chi connectivity index (χ1n) is 9.29. The van der Waals surface area contributed by atoms with Gasteiger partial charge in [0, 0.05) is 24.0 Å². The predicted molar refractivity (Wildman–Crippen MR) is 112 cm³/mol. The summed E-state index contributed by atoms with van der Waals surface area (Å²) >= 11 is 0. The number of halogens is 1. The van der Waals surface area contributed by atoms with Crippen LogP contribution in [-0.2, 0) is 6.54 Å². The maximum atomic E-state index is 13.2. The largest absolute Gasteiger partial charge is 0.493 e. The van der Waals surface area contributed by atoms with Gasteiger partial charge in [0.25, 0.3) is 5.91 Å². The molecule has 1 heterocycles. The van der Waals surface area contributed by atoms with Crippen LogP contribution < -0.4 is 14.8 Å². The van der Waals surface area contributed by atoms with E-state index in [-0.39, 0.29) is 11.7 Å². The van der Waals surface area contributed by atoms with Crippen molar-refractivity contribution in [3.8, 4) is 11.5 Å². The van der Waals surface area contributed by atoms with Gasteiger partial charge >= 0.3 is 0 Å². The molecule has 0 saturated carbocycles. The lowest BCUT2D eigenvalue weighted by molar-refractivity contribution is 0.101. The molecule has 0 radical (unpaired) electrons. The summed E-state index contributed by atoms with van der Waals surface area (Å²) in [6.07, 6.45) is 0. The third-order valence-electron chi connectivity index (χ3n) is 5.25. The van der Waals surface area contributed by atoms with Crippen LogP contribution in [0.1, 0.15) is 32.9 Å². The Kier molecular flexibility index (Phi) is 5.92. The summed E-state index contributed by atoms with van der Waals surface area (Å²) in [5, 5.41) is 2.95. The molecule has 2 aromatic carbocycles. The van der Waals surface area contributed by atoms with Gasteiger partial charge in [-0.15, -0.1) is 0 Å². The number of nitrogens with one attached hydrogen (secondary N) is 1. The van der Waals surface area contributed by atoms with Gasteiger partial charge in [-0.1, -0.05) is 12.1 Å².